The van der Waals surface area contributed by atoms with Crippen molar-refractivity contribution in [1.29, 1.82) is 0 Å². The molecule has 128 valence electrons. The quantitative estimate of drug-likeness (QED) is 0.669. The van der Waals surface area contributed by atoms with Crippen molar-refractivity contribution >= 4 is 35.9 Å². The van der Waals surface area contributed by atoms with Crippen molar-refractivity contribution in [2.45, 2.75) is 25.8 Å². The first-order chi connectivity index (χ1) is 10.2. The van der Waals surface area contributed by atoms with Gasteiger partial charge in [0.15, 0.2) is 0 Å². The molecule has 0 fully saturated rings. The van der Waals surface area contributed by atoms with E-state index in [9.17, 15) is 14.4 Å². The largest absolute Gasteiger partial charge is 0.469 e. The predicted molar refractivity (Wildman–Crippen MR) is 89.6 cm³/mol. The van der Waals surface area contributed by atoms with E-state index in [0.717, 1.165) is 0 Å². The Morgan fingerprint density at radius 1 is 1.17 bits per heavy atom. The average molecular weight is 344 g/mol. The Morgan fingerprint density at radius 2 is 1.74 bits per heavy atom. The number of nitrogens with two attached hydrogens (primary N) is 1. The highest BCUT2D eigenvalue weighted by molar-refractivity contribution is 5.98. The van der Waals surface area contributed by atoms with E-state index in [0.29, 0.717) is 11.3 Å². The van der Waals surface area contributed by atoms with E-state index >= 15 is 0 Å². The van der Waals surface area contributed by atoms with Crippen molar-refractivity contribution in [2.24, 2.45) is 5.73 Å². The SMILES string of the molecule is COC(=O)CCNC(=O)c1ccc(NC(=O)C(C)(C)N)cc1.Cl. The Morgan fingerprint density at radius 3 is 2.22 bits per heavy atom. The fourth-order valence-corrected chi connectivity index (χ4v) is 1.48. The van der Waals surface area contributed by atoms with Gasteiger partial charge in [0, 0.05) is 17.8 Å². The van der Waals surface area contributed by atoms with E-state index in [1.165, 1.54) is 7.11 Å². The number of methoxy groups -OCH3 is 1. The fraction of sp³-hybridized carbons (Fsp3) is 0.400. The normalized spacial score (nSPS) is 10.3. The number of halogens is 1. The van der Waals surface area contributed by atoms with Crippen molar-refractivity contribution in [3.63, 3.8) is 0 Å². The lowest BCUT2D eigenvalue weighted by molar-refractivity contribution is -0.140. The highest BCUT2D eigenvalue weighted by atomic mass is 35.5. The number of hydrogen-bond donors (Lipinski definition) is 3. The molecule has 1 aromatic carbocycles. The molecule has 0 bridgehead atoms. The Hall–Kier alpha value is -2.12. The summed E-state index contributed by atoms with van der Waals surface area (Å²) in [5.41, 5.74) is 5.68. The lowest BCUT2D eigenvalue weighted by atomic mass is 10.1. The van der Waals surface area contributed by atoms with Crippen LogP contribution in [0, 0.1) is 0 Å². The van der Waals surface area contributed by atoms with Crippen molar-refractivity contribution < 1.29 is 19.1 Å². The summed E-state index contributed by atoms with van der Waals surface area (Å²) in [4.78, 5) is 34.5. The summed E-state index contributed by atoms with van der Waals surface area (Å²) in [7, 11) is 1.29. The average Bonchev–Trinajstić information content (AvgIpc) is 2.46. The van der Waals surface area contributed by atoms with Crippen LogP contribution in [-0.4, -0.2) is 37.0 Å². The van der Waals surface area contributed by atoms with E-state index < -0.39 is 5.54 Å². The summed E-state index contributed by atoms with van der Waals surface area (Å²) < 4.78 is 4.48. The molecule has 4 N–H and O–H groups in total. The van der Waals surface area contributed by atoms with Gasteiger partial charge < -0.3 is 21.1 Å². The van der Waals surface area contributed by atoms with Crippen LogP contribution in [0.4, 0.5) is 5.69 Å². The molecule has 0 aliphatic heterocycles. The van der Waals surface area contributed by atoms with Gasteiger partial charge in [-0.15, -0.1) is 12.4 Å². The van der Waals surface area contributed by atoms with Crippen LogP contribution in [0.2, 0.25) is 0 Å². The zero-order chi connectivity index (χ0) is 16.8. The highest BCUT2D eigenvalue weighted by Gasteiger charge is 2.21. The molecule has 0 aromatic heterocycles. The number of anilines is 1. The second-order valence-electron chi connectivity index (χ2n) is 5.34. The summed E-state index contributed by atoms with van der Waals surface area (Å²) in [5, 5.41) is 5.26. The summed E-state index contributed by atoms with van der Waals surface area (Å²) in [6, 6.07) is 6.37. The van der Waals surface area contributed by atoms with Crippen molar-refractivity contribution in [3.8, 4) is 0 Å². The predicted octanol–water partition coefficient (Wildman–Crippen LogP) is 1.08. The number of rotatable bonds is 6. The third-order valence-electron chi connectivity index (χ3n) is 2.83. The molecule has 2 amide bonds. The lowest BCUT2D eigenvalue weighted by Crippen LogP contribution is -2.45. The van der Waals surface area contributed by atoms with Crippen LogP contribution in [-0.2, 0) is 14.3 Å². The van der Waals surface area contributed by atoms with Crippen LogP contribution in [0.3, 0.4) is 0 Å². The molecule has 0 saturated carbocycles. The summed E-state index contributed by atoms with van der Waals surface area (Å²) >= 11 is 0. The molecule has 0 aliphatic carbocycles. The first-order valence-electron chi connectivity index (χ1n) is 6.79. The van der Waals surface area contributed by atoms with Gasteiger partial charge in [-0.2, -0.15) is 0 Å². The first-order valence-corrected chi connectivity index (χ1v) is 6.79. The molecule has 0 atom stereocenters. The molecule has 0 spiro atoms. The Balaban J connectivity index is 0.00000484. The summed E-state index contributed by atoms with van der Waals surface area (Å²) in [6.07, 6.45) is 0.113. The first kappa shape index (κ1) is 20.9. The maximum Gasteiger partial charge on any atom is 0.307 e. The molecule has 23 heavy (non-hydrogen) atoms. The number of carbonyl (C=O) groups is 3. The highest BCUT2D eigenvalue weighted by Crippen LogP contribution is 2.11. The van der Waals surface area contributed by atoms with Crippen LogP contribution in [0.5, 0.6) is 0 Å². The standard InChI is InChI=1S/C15H21N3O4.ClH/c1-15(2,16)14(21)18-11-6-4-10(5-7-11)13(20)17-9-8-12(19)22-3;/h4-7H,8-9,16H2,1-3H3,(H,17,20)(H,18,21);1H. The second kappa shape index (κ2) is 9.12. The Kier molecular flexibility index (Phi) is 8.28. The van der Waals surface area contributed by atoms with Crippen LogP contribution < -0.4 is 16.4 Å². The van der Waals surface area contributed by atoms with Gasteiger partial charge in [0.2, 0.25) is 5.91 Å². The minimum absolute atomic E-state index is 0. The van der Waals surface area contributed by atoms with Gasteiger partial charge in [0.1, 0.15) is 0 Å². The van der Waals surface area contributed by atoms with Crippen molar-refractivity contribution in [1.82, 2.24) is 5.32 Å². The molecular formula is C15H22ClN3O4. The monoisotopic (exact) mass is 343 g/mol. The van der Waals surface area contributed by atoms with Gasteiger partial charge in [-0.1, -0.05) is 0 Å². The number of ether oxygens (including phenoxy) is 1. The van der Waals surface area contributed by atoms with E-state index in [1.807, 2.05) is 0 Å². The smallest absolute Gasteiger partial charge is 0.307 e. The minimum atomic E-state index is -0.982. The van der Waals surface area contributed by atoms with E-state index in [1.54, 1.807) is 38.1 Å². The van der Waals surface area contributed by atoms with Gasteiger partial charge in [-0.3, -0.25) is 14.4 Å². The molecule has 0 radical (unpaired) electrons. The van der Waals surface area contributed by atoms with Gasteiger partial charge in [-0.25, -0.2) is 0 Å². The van der Waals surface area contributed by atoms with Gasteiger partial charge in [0.05, 0.1) is 19.1 Å². The fourth-order valence-electron chi connectivity index (χ4n) is 1.48. The van der Waals surface area contributed by atoms with Crippen molar-refractivity contribution in [2.75, 3.05) is 19.0 Å². The zero-order valence-electron chi connectivity index (χ0n) is 13.3. The summed E-state index contributed by atoms with van der Waals surface area (Å²) in [6.45, 7) is 3.41. The van der Waals surface area contributed by atoms with E-state index in [-0.39, 0.29) is 43.2 Å². The number of nitrogens with one attached hydrogen (secondary N) is 2. The van der Waals surface area contributed by atoms with E-state index in [2.05, 4.69) is 15.4 Å². The number of esters is 1. The third-order valence-corrected chi connectivity index (χ3v) is 2.83. The molecular weight excluding hydrogens is 322 g/mol. The maximum atomic E-state index is 11.8. The van der Waals surface area contributed by atoms with Crippen LogP contribution in [0.15, 0.2) is 24.3 Å². The number of amides is 2. The molecule has 1 aromatic rings. The zero-order valence-corrected chi connectivity index (χ0v) is 14.2. The Labute approximate surface area is 141 Å². The second-order valence-corrected chi connectivity index (χ2v) is 5.34. The maximum absolute atomic E-state index is 11.8. The molecule has 8 heteroatoms. The molecule has 0 saturated heterocycles. The number of carbonyl (C=O) groups excluding carboxylic acids is 3. The van der Waals surface area contributed by atoms with Gasteiger partial charge >= 0.3 is 5.97 Å². The molecule has 0 heterocycles. The van der Waals surface area contributed by atoms with Crippen LogP contribution in [0.25, 0.3) is 0 Å². The molecule has 7 nitrogen and oxygen atoms in total. The van der Waals surface area contributed by atoms with Crippen LogP contribution in [0.1, 0.15) is 30.6 Å². The minimum Gasteiger partial charge on any atom is -0.469 e. The van der Waals surface area contributed by atoms with Crippen molar-refractivity contribution in [3.05, 3.63) is 29.8 Å². The third kappa shape index (κ3) is 7.12. The molecule has 0 aliphatic rings. The van der Waals surface area contributed by atoms with Gasteiger partial charge in [0.25, 0.3) is 5.91 Å². The molecule has 1 rings (SSSR count). The van der Waals surface area contributed by atoms with Crippen LogP contribution >= 0.6 is 12.4 Å². The number of hydrogen-bond acceptors (Lipinski definition) is 5. The molecule has 0 unspecified atom stereocenters. The topological polar surface area (TPSA) is 111 Å². The Bertz CT molecular complexity index is 553. The van der Waals surface area contributed by atoms with E-state index in [4.69, 9.17) is 5.73 Å². The summed E-state index contributed by atoms with van der Waals surface area (Å²) in [5.74, 6) is -1.01. The lowest BCUT2D eigenvalue weighted by Gasteiger charge is -2.17. The number of benzene rings is 1. The van der Waals surface area contributed by atoms with Gasteiger partial charge in [-0.05, 0) is 38.1 Å².